The van der Waals surface area contributed by atoms with Crippen molar-refractivity contribution in [1.29, 1.82) is 0 Å². The first-order valence-electron chi connectivity index (χ1n) is 6.85. The van der Waals surface area contributed by atoms with Crippen molar-refractivity contribution < 1.29 is 15.0 Å². The van der Waals surface area contributed by atoms with Gasteiger partial charge in [-0.1, -0.05) is 58.4 Å². The third-order valence-corrected chi connectivity index (χ3v) is 2.74. The molecule has 108 valence electrons. The zero-order valence-corrected chi connectivity index (χ0v) is 11.9. The van der Waals surface area contributed by atoms with Crippen molar-refractivity contribution in [3.63, 3.8) is 0 Å². The van der Waals surface area contributed by atoms with Crippen LogP contribution in [0.5, 0.6) is 11.5 Å². The number of nitrogens with two attached hydrogens (primary N) is 1. The second kappa shape index (κ2) is 10.2. The minimum atomic E-state index is -0.765. The summed E-state index contributed by atoms with van der Waals surface area (Å²) in [5.41, 5.74) is 4.79. The minimum Gasteiger partial charge on any atom is -0.504 e. The molecule has 1 amide bonds. The van der Waals surface area contributed by atoms with Crippen LogP contribution in [0.15, 0.2) is 18.2 Å². The Hall–Kier alpha value is -1.71. The molecule has 0 saturated heterocycles. The number of carbonyl (C=O) groups is 1. The van der Waals surface area contributed by atoms with Crippen molar-refractivity contribution in [3.8, 4) is 11.5 Å². The van der Waals surface area contributed by atoms with Crippen LogP contribution < -0.4 is 5.73 Å². The predicted octanol–water partition coefficient (Wildman–Crippen LogP) is 3.56. The second-order valence-electron chi connectivity index (χ2n) is 4.45. The number of rotatable bonds is 6. The van der Waals surface area contributed by atoms with E-state index in [9.17, 15) is 4.79 Å². The summed E-state index contributed by atoms with van der Waals surface area (Å²) < 4.78 is 0. The topological polar surface area (TPSA) is 83.6 Å². The molecule has 4 heteroatoms. The van der Waals surface area contributed by atoms with E-state index in [2.05, 4.69) is 13.8 Å². The first-order chi connectivity index (χ1) is 9.04. The van der Waals surface area contributed by atoms with Crippen molar-refractivity contribution in [2.24, 2.45) is 5.73 Å². The van der Waals surface area contributed by atoms with E-state index in [-0.39, 0.29) is 11.3 Å². The van der Waals surface area contributed by atoms with Crippen molar-refractivity contribution in [2.45, 2.75) is 52.4 Å². The van der Waals surface area contributed by atoms with Gasteiger partial charge < -0.3 is 15.9 Å². The summed E-state index contributed by atoms with van der Waals surface area (Å²) in [5, 5.41) is 17.9. The fourth-order valence-corrected chi connectivity index (χ4v) is 1.58. The van der Waals surface area contributed by atoms with E-state index in [1.165, 1.54) is 56.7 Å². The number of benzene rings is 1. The van der Waals surface area contributed by atoms with Gasteiger partial charge in [0.05, 0.1) is 5.56 Å². The van der Waals surface area contributed by atoms with Gasteiger partial charge in [0, 0.05) is 0 Å². The number of para-hydroxylation sites is 1. The number of carbonyl (C=O) groups excluding carboxylic acids is 1. The molecule has 1 aromatic carbocycles. The molecule has 0 aromatic heterocycles. The Labute approximate surface area is 115 Å². The molecule has 0 aliphatic carbocycles. The summed E-state index contributed by atoms with van der Waals surface area (Å²) in [6.07, 6.45) is 8.49. The van der Waals surface area contributed by atoms with Crippen LogP contribution in [-0.4, -0.2) is 16.1 Å². The van der Waals surface area contributed by atoms with Crippen molar-refractivity contribution in [3.05, 3.63) is 23.8 Å². The smallest absolute Gasteiger partial charge is 0.252 e. The molecule has 4 nitrogen and oxygen atoms in total. The highest BCUT2D eigenvalue weighted by atomic mass is 16.3. The maximum absolute atomic E-state index is 10.5. The van der Waals surface area contributed by atoms with Crippen LogP contribution >= 0.6 is 0 Å². The number of phenolic OH excluding ortho intramolecular Hbond substituents is 1. The average Bonchev–Trinajstić information content (AvgIpc) is 2.38. The Morgan fingerprint density at radius 1 is 1.05 bits per heavy atom. The van der Waals surface area contributed by atoms with Crippen LogP contribution in [0.2, 0.25) is 0 Å². The highest BCUT2D eigenvalue weighted by Crippen LogP contribution is 2.27. The Kier molecular flexibility index (Phi) is 9.31. The lowest BCUT2D eigenvalue weighted by Crippen LogP contribution is -2.10. The Morgan fingerprint density at radius 3 is 1.95 bits per heavy atom. The number of unbranched alkanes of at least 4 members (excludes halogenated alkanes) is 5. The van der Waals surface area contributed by atoms with Gasteiger partial charge in [-0.25, -0.2) is 0 Å². The second-order valence-corrected chi connectivity index (χ2v) is 4.45. The van der Waals surface area contributed by atoms with Crippen LogP contribution in [0.1, 0.15) is 62.7 Å². The van der Waals surface area contributed by atoms with Gasteiger partial charge in [-0.05, 0) is 12.1 Å². The largest absolute Gasteiger partial charge is 0.504 e. The summed E-state index contributed by atoms with van der Waals surface area (Å²) in [5.74, 6) is -1.58. The fraction of sp³-hybridized carbons (Fsp3) is 0.533. The van der Waals surface area contributed by atoms with E-state index < -0.39 is 11.7 Å². The summed E-state index contributed by atoms with van der Waals surface area (Å²) in [4.78, 5) is 10.5. The maximum Gasteiger partial charge on any atom is 0.252 e. The predicted molar refractivity (Wildman–Crippen MR) is 77.3 cm³/mol. The summed E-state index contributed by atoms with van der Waals surface area (Å²) in [7, 11) is 0. The van der Waals surface area contributed by atoms with Crippen LogP contribution in [0.4, 0.5) is 0 Å². The lowest BCUT2D eigenvalue weighted by Gasteiger charge is -2.00. The monoisotopic (exact) mass is 267 g/mol. The number of hydrogen-bond donors (Lipinski definition) is 3. The lowest BCUT2D eigenvalue weighted by molar-refractivity contribution is 0.0997. The molecule has 0 atom stereocenters. The highest BCUT2D eigenvalue weighted by Gasteiger charge is 2.09. The zero-order chi connectivity index (χ0) is 14.7. The van der Waals surface area contributed by atoms with Crippen molar-refractivity contribution in [2.75, 3.05) is 0 Å². The van der Waals surface area contributed by atoms with Gasteiger partial charge >= 0.3 is 0 Å². The van der Waals surface area contributed by atoms with Gasteiger partial charge in [-0.15, -0.1) is 0 Å². The molecule has 0 bridgehead atoms. The van der Waals surface area contributed by atoms with Crippen molar-refractivity contribution in [1.82, 2.24) is 0 Å². The molecule has 0 aliphatic rings. The maximum atomic E-state index is 10.5. The Balaban J connectivity index is 0.000000362. The minimum absolute atomic E-state index is 0.0787. The Bertz CT molecular complexity index is 372. The van der Waals surface area contributed by atoms with E-state index in [0.717, 1.165) is 0 Å². The van der Waals surface area contributed by atoms with E-state index >= 15 is 0 Å². The molecule has 0 fully saturated rings. The molecule has 19 heavy (non-hydrogen) atoms. The molecule has 1 rings (SSSR count). The molecular weight excluding hydrogens is 242 g/mol. The number of aromatic hydroxyl groups is 2. The van der Waals surface area contributed by atoms with Gasteiger partial charge in [-0.3, -0.25) is 4.79 Å². The molecule has 0 heterocycles. The van der Waals surface area contributed by atoms with Gasteiger partial charge in [-0.2, -0.15) is 0 Å². The first kappa shape index (κ1) is 17.3. The normalized spacial score (nSPS) is 9.58. The van der Waals surface area contributed by atoms with Gasteiger partial charge in [0.2, 0.25) is 0 Å². The van der Waals surface area contributed by atoms with Crippen LogP contribution in [-0.2, 0) is 0 Å². The number of phenols is 2. The summed E-state index contributed by atoms with van der Waals surface area (Å²) in [6, 6.07) is 4.02. The molecule has 0 saturated carbocycles. The van der Waals surface area contributed by atoms with E-state index in [0.29, 0.717) is 0 Å². The molecule has 0 aliphatic heterocycles. The van der Waals surface area contributed by atoms with Crippen molar-refractivity contribution >= 4 is 5.91 Å². The quantitative estimate of drug-likeness (QED) is 0.544. The molecule has 0 radical (unpaired) electrons. The first-order valence-corrected chi connectivity index (χ1v) is 6.85. The number of amides is 1. The number of primary amides is 1. The third-order valence-electron chi connectivity index (χ3n) is 2.74. The van der Waals surface area contributed by atoms with E-state index in [4.69, 9.17) is 15.9 Å². The molecule has 4 N–H and O–H groups in total. The fourth-order valence-electron chi connectivity index (χ4n) is 1.58. The van der Waals surface area contributed by atoms with Crippen LogP contribution in [0, 0.1) is 0 Å². The Morgan fingerprint density at radius 2 is 1.58 bits per heavy atom. The standard InChI is InChI=1S/C8H18.C7H7NO3/c1-3-5-7-8-6-4-2;8-7(11)4-2-1-3-5(9)6(4)10/h3-8H2,1-2H3;1-3,9-10H,(H2,8,11). The zero-order valence-electron chi connectivity index (χ0n) is 11.9. The molecule has 1 aromatic rings. The lowest BCUT2D eigenvalue weighted by atomic mass is 10.1. The van der Waals surface area contributed by atoms with Gasteiger partial charge in [0.15, 0.2) is 11.5 Å². The van der Waals surface area contributed by atoms with Crippen LogP contribution in [0.3, 0.4) is 0 Å². The highest BCUT2D eigenvalue weighted by molar-refractivity contribution is 5.96. The van der Waals surface area contributed by atoms with E-state index in [1.54, 1.807) is 0 Å². The summed E-state index contributed by atoms with van der Waals surface area (Å²) in [6.45, 7) is 4.51. The van der Waals surface area contributed by atoms with Gasteiger partial charge in [0.25, 0.3) is 5.91 Å². The third kappa shape index (κ3) is 7.34. The van der Waals surface area contributed by atoms with Gasteiger partial charge in [0.1, 0.15) is 0 Å². The van der Waals surface area contributed by atoms with E-state index in [1.807, 2.05) is 0 Å². The average molecular weight is 267 g/mol. The molecule has 0 unspecified atom stereocenters. The number of hydrogen-bond acceptors (Lipinski definition) is 3. The molecular formula is C15H25NO3. The SMILES string of the molecule is CCCCCCCC.NC(=O)c1cccc(O)c1O. The molecule has 0 spiro atoms. The summed E-state index contributed by atoms with van der Waals surface area (Å²) >= 11 is 0. The van der Waals surface area contributed by atoms with Crippen LogP contribution in [0.25, 0.3) is 0 Å².